The molecule has 0 fully saturated rings. The second-order valence-corrected chi connectivity index (χ2v) is 5.03. The van der Waals surface area contributed by atoms with Crippen LogP contribution in [-0.2, 0) is 6.18 Å². The summed E-state index contributed by atoms with van der Waals surface area (Å²) in [6, 6.07) is 1.65. The van der Waals surface area contributed by atoms with Crippen molar-refractivity contribution in [3.63, 3.8) is 0 Å². The van der Waals surface area contributed by atoms with Crippen molar-refractivity contribution < 1.29 is 27.5 Å². The Morgan fingerprint density at radius 2 is 1.85 bits per heavy atom. The van der Waals surface area contributed by atoms with E-state index in [1.807, 2.05) is 0 Å². The summed E-state index contributed by atoms with van der Waals surface area (Å²) >= 11 is 0. The Morgan fingerprint density at radius 1 is 1.30 bits per heavy atom. The summed E-state index contributed by atoms with van der Waals surface area (Å²) in [4.78, 5) is 13.1. The zero-order valence-electron chi connectivity index (χ0n) is 11.3. The molecule has 0 heterocycles. The Morgan fingerprint density at radius 3 is 2.30 bits per heavy atom. The molecule has 0 radical (unpaired) electrons. The van der Waals surface area contributed by atoms with Crippen molar-refractivity contribution in [1.82, 2.24) is 4.90 Å². The molecule has 0 bridgehead atoms. The summed E-state index contributed by atoms with van der Waals surface area (Å²) in [5, 5.41) is 9.15. The van der Waals surface area contributed by atoms with Crippen molar-refractivity contribution in [1.29, 1.82) is 0 Å². The van der Waals surface area contributed by atoms with Crippen molar-refractivity contribution in [2.24, 2.45) is 0 Å². The molecule has 1 rings (SSSR count). The number of benzene rings is 1. The van der Waals surface area contributed by atoms with Gasteiger partial charge >= 0.3 is 6.18 Å². The van der Waals surface area contributed by atoms with Crippen LogP contribution < -0.4 is 0 Å². The second-order valence-electron chi connectivity index (χ2n) is 5.03. The van der Waals surface area contributed by atoms with Gasteiger partial charge in [0, 0.05) is 7.05 Å². The first-order chi connectivity index (χ1) is 9.00. The Balaban J connectivity index is 3.23. The number of hydrogen-bond acceptors (Lipinski definition) is 2. The maximum atomic E-state index is 13.6. The van der Waals surface area contributed by atoms with Crippen LogP contribution in [0, 0.1) is 5.82 Å². The van der Waals surface area contributed by atoms with Crippen molar-refractivity contribution in [3.05, 3.63) is 35.1 Å². The fourth-order valence-corrected chi connectivity index (χ4v) is 1.43. The highest BCUT2D eigenvalue weighted by atomic mass is 19.4. The van der Waals surface area contributed by atoms with E-state index >= 15 is 0 Å². The van der Waals surface area contributed by atoms with E-state index in [2.05, 4.69) is 0 Å². The molecule has 1 aromatic rings. The lowest BCUT2D eigenvalue weighted by Gasteiger charge is -2.34. The molecule has 20 heavy (non-hydrogen) atoms. The predicted molar refractivity (Wildman–Crippen MR) is 64.7 cm³/mol. The number of amides is 1. The molecule has 0 aliphatic carbocycles. The Labute approximate surface area is 113 Å². The standard InChI is InChI=1S/C13H15F4NO2/c1-12(2,7-19)18(3)11(20)9-6-8(13(15,16)17)4-5-10(9)14/h4-6,19H,7H2,1-3H3. The van der Waals surface area contributed by atoms with Gasteiger partial charge in [-0.05, 0) is 32.0 Å². The molecule has 0 aromatic heterocycles. The zero-order chi connectivity index (χ0) is 15.7. The summed E-state index contributed by atoms with van der Waals surface area (Å²) < 4.78 is 51.3. The molecule has 0 saturated heterocycles. The van der Waals surface area contributed by atoms with Crippen molar-refractivity contribution in [3.8, 4) is 0 Å². The first kappa shape index (κ1) is 16.4. The minimum absolute atomic E-state index is 0.407. The summed E-state index contributed by atoms with van der Waals surface area (Å²) in [5.41, 5.74) is -2.79. The molecule has 0 spiro atoms. The molecule has 1 N–H and O–H groups in total. The van der Waals surface area contributed by atoms with Gasteiger partial charge in [-0.3, -0.25) is 4.79 Å². The molecule has 0 saturated carbocycles. The number of likely N-dealkylation sites (N-methyl/N-ethyl adjacent to an activating group) is 1. The normalized spacial score (nSPS) is 12.4. The lowest BCUT2D eigenvalue weighted by Crippen LogP contribution is -2.47. The maximum absolute atomic E-state index is 13.6. The average molecular weight is 293 g/mol. The summed E-state index contributed by atoms with van der Waals surface area (Å²) in [7, 11) is 1.29. The average Bonchev–Trinajstić information content (AvgIpc) is 2.36. The van der Waals surface area contributed by atoms with Crippen molar-refractivity contribution in [2.75, 3.05) is 13.7 Å². The fraction of sp³-hybridized carbons (Fsp3) is 0.462. The van der Waals surface area contributed by atoms with Gasteiger partial charge < -0.3 is 10.0 Å². The molecule has 0 aliphatic rings. The third-order valence-electron chi connectivity index (χ3n) is 3.12. The Bertz CT molecular complexity index is 512. The van der Waals surface area contributed by atoms with Gasteiger partial charge in [0.15, 0.2) is 0 Å². The number of alkyl halides is 3. The van der Waals surface area contributed by atoms with Gasteiger partial charge in [-0.1, -0.05) is 0 Å². The van der Waals surface area contributed by atoms with Gasteiger partial charge in [-0.2, -0.15) is 13.2 Å². The van der Waals surface area contributed by atoms with Crippen LogP contribution >= 0.6 is 0 Å². The van der Waals surface area contributed by atoms with E-state index in [-0.39, 0.29) is 0 Å². The van der Waals surface area contributed by atoms with Crippen LogP contribution in [0.4, 0.5) is 17.6 Å². The largest absolute Gasteiger partial charge is 0.416 e. The van der Waals surface area contributed by atoms with Crippen LogP contribution in [0.25, 0.3) is 0 Å². The van der Waals surface area contributed by atoms with Gasteiger partial charge in [-0.25, -0.2) is 4.39 Å². The van der Waals surface area contributed by atoms with Crippen molar-refractivity contribution >= 4 is 5.91 Å². The van der Waals surface area contributed by atoms with E-state index in [0.717, 1.165) is 4.90 Å². The van der Waals surface area contributed by atoms with E-state index in [0.29, 0.717) is 18.2 Å². The van der Waals surface area contributed by atoms with Gasteiger partial charge in [-0.15, -0.1) is 0 Å². The lowest BCUT2D eigenvalue weighted by atomic mass is 10.0. The van der Waals surface area contributed by atoms with E-state index in [9.17, 15) is 22.4 Å². The molecule has 1 aromatic carbocycles. The van der Waals surface area contributed by atoms with Crippen LogP contribution in [0.1, 0.15) is 29.8 Å². The molecule has 0 aliphatic heterocycles. The van der Waals surface area contributed by atoms with Crippen LogP contribution in [0.5, 0.6) is 0 Å². The molecular weight excluding hydrogens is 278 g/mol. The number of aliphatic hydroxyl groups is 1. The third-order valence-corrected chi connectivity index (χ3v) is 3.12. The minimum atomic E-state index is -4.66. The highest BCUT2D eigenvalue weighted by Crippen LogP contribution is 2.31. The molecular formula is C13H15F4NO2. The van der Waals surface area contributed by atoms with E-state index < -0.39 is 41.2 Å². The summed E-state index contributed by atoms with van der Waals surface area (Å²) in [5.74, 6) is -1.96. The van der Waals surface area contributed by atoms with Crippen LogP contribution in [0.3, 0.4) is 0 Å². The van der Waals surface area contributed by atoms with Crippen LogP contribution in [0.2, 0.25) is 0 Å². The van der Waals surface area contributed by atoms with E-state index in [1.165, 1.54) is 20.9 Å². The van der Waals surface area contributed by atoms with E-state index in [1.54, 1.807) is 0 Å². The number of carbonyl (C=O) groups excluding carboxylic acids is 1. The molecule has 112 valence electrons. The second kappa shape index (κ2) is 5.40. The fourth-order valence-electron chi connectivity index (χ4n) is 1.43. The van der Waals surface area contributed by atoms with Gasteiger partial charge in [0.1, 0.15) is 5.82 Å². The first-order valence-corrected chi connectivity index (χ1v) is 5.76. The monoisotopic (exact) mass is 293 g/mol. The summed E-state index contributed by atoms with van der Waals surface area (Å²) in [6.45, 7) is 2.61. The molecule has 7 heteroatoms. The molecule has 0 atom stereocenters. The highest BCUT2D eigenvalue weighted by Gasteiger charge is 2.34. The number of hydrogen-bond donors (Lipinski definition) is 1. The number of rotatable bonds is 3. The molecule has 1 amide bonds. The maximum Gasteiger partial charge on any atom is 0.416 e. The molecule has 0 unspecified atom stereocenters. The minimum Gasteiger partial charge on any atom is -0.394 e. The van der Waals surface area contributed by atoms with Crippen LogP contribution in [0.15, 0.2) is 18.2 Å². The van der Waals surface area contributed by atoms with Gasteiger partial charge in [0.05, 0.1) is 23.3 Å². The number of aliphatic hydroxyl groups excluding tert-OH is 1. The Kier molecular flexibility index (Phi) is 4.43. The lowest BCUT2D eigenvalue weighted by molar-refractivity contribution is -0.137. The van der Waals surface area contributed by atoms with Crippen molar-refractivity contribution in [2.45, 2.75) is 25.6 Å². The van der Waals surface area contributed by atoms with Crippen LogP contribution in [-0.4, -0.2) is 35.1 Å². The zero-order valence-corrected chi connectivity index (χ0v) is 11.3. The molecule has 3 nitrogen and oxygen atoms in total. The third kappa shape index (κ3) is 3.27. The number of carbonyl (C=O) groups is 1. The topological polar surface area (TPSA) is 40.5 Å². The smallest absolute Gasteiger partial charge is 0.394 e. The van der Waals surface area contributed by atoms with E-state index in [4.69, 9.17) is 5.11 Å². The van der Waals surface area contributed by atoms with Gasteiger partial charge in [0.25, 0.3) is 5.91 Å². The number of halogens is 4. The Hall–Kier alpha value is -1.63. The SMILES string of the molecule is CN(C(=O)c1cc(C(F)(F)F)ccc1F)C(C)(C)CO. The number of nitrogens with zero attached hydrogens (tertiary/aromatic N) is 1. The quantitative estimate of drug-likeness (QED) is 0.870. The highest BCUT2D eigenvalue weighted by molar-refractivity contribution is 5.95. The first-order valence-electron chi connectivity index (χ1n) is 5.76. The predicted octanol–water partition coefficient (Wildman–Crippen LogP) is 2.69. The van der Waals surface area contributed by atoms with Gasteiger partial charge in [0.2, 0.25) is 0 Å². The summed E-state index contributed by atoms with van der Waals surface area (Å²) in [6.07, 6.45) is -4.66.